The molecule has 1 aliphatic rings. The Morgan fingerprint density at radius 2 is 1.88 bits per heavy atom. The maximum atomic E-state index is 12.6. The lowest BCUT2D eigenvalue weighted by Gasteiger charge is -2.33. The van der Waals surface area contributed by atoms with Crippen LogP contribution >= 0.6 is 11.3 Å². The summed E-state index contributed by atoms with van der Waals surface area (Å²) >= 11 is 1.76. The summed E-state index contributed by atoms with van der Waals surface area (Å²) in [4.78, 5) is 31.4. The number of amides is 2. The van der Waals surface area contributed by atoms with E-state index in [4.69, 9.17) is 4.98 Å². The molecule has 0 bridgehead atoms. The van der Waals surface area contributed by atoms with Crippen molar-refractivity contribution >= 4 is 33.4 Å². The molecule has 2 heterocycles. The zero-order valence-corrected chi connectivity index (χ0v) is 16.7. The van der Waals surface area contributed by atoms with Gasteiger partial charge in [0.1, 0.15) is 6.04 Å². The average molecular weight is 374 g/mol. The van der Waals surface area contributed by atoms with Gasteiger partial charge in [0.15, 0.2) is 0 Å². The number of hydrogen-bond acceptors (Lipinski definition) is 4. The third kappa shape index (κ3) is 4.06. The Labute approximate surface area is 158 Å². The first-order valence-corrected chi connectivity index (χ1v) is 10.0. The van der Waals surface area contributed by atoms with Crippen molar-refractivity contribution in [2.75, 3.05) is 13.1 Å². The van der Waals surface area contributed by atoms with Crippen LogP contribution in [0, 0.1) is 5.41 Å². The molecule has 140 valence electrons. The second kappa shape index (κ2) is 7.35. The number of fused-ring (bicyclic) bond motifs is 1. The number of hydrogen-bond donors (Lipinski definition) is 1. The Morgan fingerprint density at radius 3 is 2.50 bits per heavy atom. The molecule has 1 fully saturated rings. The van der Waals surface area contributed by atoms with Gasteiger partial charge in [-0.15, -0.1) is 11.3 Å². The molecule has 0 radical (unpaired) electrons. The Balaban J connectivity index is 1.57. The molecule has 1 atom stereocenters. The first-order chi connectivity index (χ1) is 12.3. The largest absolute Gasteiger partial charge is 0.344 e. The molecular formula is C20H27N3O2S. The summed E-state index contributed by atoms with van der Waals surface area (Å²) in [6, 6.07) is 7.72. The van der Waals surface area contributed by atoms with E-state index in [0.29, 0.717) is 5.92 Å². The summed E-state index contributed by atoms with van der Waals surface area (Å²) in [5, 5.41) is 4.01. The van der Waals surface area contributed by atoms with Gasteiger partial charge in [0.25, 0.3) is 0 Å². The third-order valence-corrected chi connectivity index (χ3v) is 6.06. The van der Waals surface area contributed by atoms with E-state index in [1.807, 2.05) is 43.9 Å². The number of carbonyl (C=O) groups is 2. The van der Waals surface area contributed by atoms with E-state index < -0.39 is 11.5 Å². The van der Waals surface area contributed by atoms with Gasteiger partial charge in [-0.1, -0.05) is 32.9 Å². The maximum Gasteiger partial charge on any atom is 0.244 e. The number of nitrogens with one attached hydrogen (secondary N) is 1. The number of likely N-dealkylation sites (tertiary alicyclic amines) is 1. The van der Waals surface area contributed by atoms with Crippen LogP contribution in [0.15, 0.2) is 24.3 Å². The van der Waals surface area contributed by atoms with Crippen LogP contribution in [0.25, 0.3) is 10.2 Å². The minimum atomic E-state index is -0.492. The first-order valence-electron chi connectivity index (χ1n) is 9.21. The summed E-state index contributed by atoms with van der Waals surface area (Å²) in [6.45, 7) is 8.75. The molecule has 3 rings (SSSR count). The minimum absolute atomic E-state index is 0.00495. The van der Waals surface area contributed by atoms with Crippen molar-refractivity contribution in [3.63, 3.8) is 0 Å². The fourth-order valence-electron chi connectivity index (χ4n) is 3.16. The van der Waals surface area contributed by atoms with Crippen molar-refractivity contribution in [2.24, 2.45) is 5.41 Å². The molecule has 2 aromatic rings. The zero-order chi connectivity index (χ0) is 18.9. The van der Waals surface area contributed by atoms with Gasteiger partial charge in [0.2, 0.25) is 11.8 Å². The van der Waals surface area contributed by atoms with Gasteiger partial charge in [-0.05, 0) is 31.9 Å². The van der Waals surface area contributed by atoms with Crippen molar-refractivity contribution < 1.29 is 9.59 Å². The topological polar surface area (TPSA) is 62.3 Å². The second-order valence-corrected chi connectivity index (χ2v) is 9.13. The highest BCUT2D eigenvalue weighted by Gasteiger charge is 2.30. The third-order valence-electron chi connectivity index (χ3n) is 4.87. The lowest BCUT2D eigenvalue weighted by Crippen LogP contribution is -2.51. The van der Waals surface area contributed by atoms with Crippen LogP contribution in [0.1, 0.15) is 51.5 Å². The van der Waals surface area contributed by atoms with Gasteiger partial charge >= 0.3 is 0 Å². The molecule has 6 heteroatoms. The molecule has 0 saturated carbocycles. The van der Waals surface area contributed by atoms with Gasteiger partial charge in [0.05, 0.1) is 15.2 Å². The number of benzene rings is 1. The lowest BCUT2D eigenvalue weighted by atomic mass is 9.95. The molecule has 1 N–H and O–H groups in total. The van der Waals surface area contributed by atoms with Gasteiger partial charge in [-0.2, -0.15) is 0 Å². The van der Waals surface area contributed by atoms with Gasteiger partial charge in [-0.25, -0.2) is 4.98 Å². The van der Waals surface area contributed by atoms with Crippen molar-refractivity contribution in [3.8, 4) is 0 Å². The predicted molar refractivity (Wildman–Crippen MR) is 105 cm³/mol. The zero-order valence-electron chi connectivity index (χ0n) is 15.9. The standard InChI is InChI=1S/C20H27N3O2S/c1-13(21-19(25)20(2,3)4)18(24)23-11-9-14(10-12-23)17-22-15-7-5-6-8-16(15)26-17/h5-8,13-14H,9-12H2,1-4H3,(H,21,25). The first kappa shape index (κ1) is 18.8. The average Bonchev–Trinajstić information content (AvgIpc) is 3.04. The van der Waals surface area contributed by atoms with Crippen LogP contribution < -0.4 is 5.32 Å². The monoisotopic (exact) mass is 373 g/mol. The van der Waals surface area contributed by atoms with Crippen LogP contribution in [-0.4, -0.2) is 40.8 Å². The molecule has 0 aliphatic carbocycles. The van der Waals surface area contributed by atoms with Crippen molar-refractivity contribution in [1.29, 1.82) is 0 Å². The number of piperidine rings is 1. The molecule has 2 amide bonds. The Bertz CT molecular complexity index is 768. The number of thiazole rings is 1. The highest BCUT2D eigenvalue weighted by Crippen LogP contribution is 2.33. The van der Waals surface area contributed by atoms with Crippen LogP contribution in [0.3, 0.4) is 0 Å². The van der Waals surface area contributed by atoms with E-state index in [0.717, 1.165) is 31.4 Å². The molecule has 26 heavy (non-hydrogen) atoms. The van der Waals surface area contributed by atoms with Crippen molar-refractivity contribution in [1.82, 2.24) is 15.2 Å². The Morgan fingerprint density at radius 1 is 1.23 bits per heavy atom. The normalized spacial score (nSPS) is 17.3. The van der Waals surface area contributed by atoms with E-state index >= 15 is 0 Å². The summed E-state index contributed by atoms with van der Waals surface area (Å²) in [5.41, 5.74) is 0.568. The summed E-state index contributed by atoms with van der Waals surface area (Å²) in [7, 11) is 0. The second-order valence-electron chi connectivity index (χ2n) is 8.06. The molecule has 1 aromatic carbocycles. The summed E-state index contributed by atoms with van der Waals surface area (Å²) < 4.78 is 1.22. The van der Waals surface area contributed by atoms with Gasteiger partial charge in [-0.3, -0.25) is 9.59 Å². The highest BCUT2D eigenvalue weighted by molar-refractivity contribution is 7.18. The van der Waals surface area contributed by atoms with Crippen LogP contribution in [0.2, 0.25) is 0 Å². The molecule has 1 saturated heterocycles. The van der Waals surface area contributed by atoms with E-state index in [1.165, 1.54) is 9.71 Å². The molecule has 0 spiro atoms. The molecule has 1 aliphatic heterocycles. The highest BCUT2D eigenvalue weighted by atomic mass is 32.1. The van der Waals surface area contributed by atoms with Crippen molar-refractivity contribution in [3.05, 3.63) is 29.3 Å². The number of nitrogens with zero attached hydrogens (tertiary/aromatic N) is 2. The number of para-hydroxylation sites is 1. The molecule has 5 nitrogen and oxygen atoms in total. The van der Waals surface area contributed by atoms with E-state index in [-0.39, 0.29) is 11.8 Å². The van der Waals surface area contributed by atoms with Crippen LogP contribution in [-0.2, 0) is 9.59 Å². The minimum Gasteiger partial charge on any atom is -0.344 e. The molecule has 1 unspecified atom stereocenters. The van der Waals surface area contributed by atoms with Crippen LogP contribution in [0.4, 0.5) is 0 Å². The van der Waals surface area contributed by atoms with E-state index in [9.17, 15) is 9.59 Å². The molecule has 1 aromatic heterocycles. The van der Waals surface area contributed by atoms with Gasteiger partial charge < -0.3 is 10.2 Å². The van der Waals surface area contributed by atoms with Crippen LogP contribution in [0.5, 0.6) is 0 Å². The lowest BCUT2D eigenvalue weighted by molar-refractivity contribution is -0.138. The Kier molecular flexibility index (Phi) is 5.32. The maximum absolute atomic E-state index is 12.6. The fourth-order valence-corrected chi connectivity index (χ4v) is 4.30. The quantitative estimate of drug-likeness (QED) is 0.895. The Hall–Kier alpha value is -1.95. The molecular weight excluding hydrogens is 346 g/mol. The van der Waals surface area contributed by atoms with E-state index in [2.05, 4.69) is 11.4 Å². The van der Waals surface area contributed by atoms with Gasteiger partial charge in [0, 0.05) is 24.4 Å². The number of aromatic nitrogens is 1. The van der Waals surface area contributed by atoms with Crippen molar-refractivity contribution in [2.45, 2.75) is 52.5 Å². The predicted octanol–water partition coefficient (Wildman–Crippen LogP) is 3.55. The summed E-state index contributed by atoms with van der Waals surface area (Å²) in [5.74, 6) is 0.323. The summed E-state index contributed by atoms with van der Waals surface area (Å²) in [6.07, 6.45) is 1.84. The number of carbonyl (C=O) groups excluding carboxylic acids is 2. The van der Waals surface area contributed by atoms with E-state index in [1.54, 1.807) is 18.3 Å². The SMILES string of the molecule is CC(NC(=O)C(C)(C)C)C(=O)N1CCC(c2nc3ccccc3s2)CC1. The number of rotatable bonds is 3. The fraction of sp³-hybridized carbons (Fsp3) is 0.550. The smallest absolute Gasteiger partial charge is 0.244 e.